The smallest absolute Gasteiger partial charge is 0.0324 e. The second-order valence-corrected chi connectivity index (χ2v) is 15.2. The van der Waals surface area contributed by atoms with Gasteiger partial charge in [0.15, 0.2) is 0 Å². The number of unbranched alkanes of at least 4 members (excludes halogenated alkanes) is 1. The van der Waals surface area contributed by atoms with Gasteiger partial charge in [0, 0.05) is 0 Å². The monoisotopic (exact) mass is 499 g/mol. The van der Waals surface area contributed by atoms with Gasteiger partial charge in [0.2, 0.25) is 0 Å². The quantitative estimate of drug-likeness (QED) is 0.341. The maximum Gasteiger partial charge on any atom is -0.0324 e. The Balaban J connectivity index is 0.000000174. The molecule has 0 aromatic carbocycles. The minimum absolute atomic E-state index is 0.976. The van der Waals surface area contributed by atoms with Gasteiger partial charge in [-0.1, -0.05) is 119 Å². The fourth-order valence-corrected chi connectivity index (χ4v) is 11.1. The average Bonchev–Trinajstić information content (AvgIpc) is 3.46. The SMILES string of the molecule is CCC1CCC(C2C(C)CC(C)C2C)CC1.CCCCC1C(C)CC2CCCC2C1C1CCCCC1. The van der Waals surface area contributed by atoms with E-state index in [2.05, 4.69) is 41.5 Å². The van der Waals surface area contributed by atoms with Gasteiger partial charge < -0.3 is 0 Å². The molecule has 5 fully saturated rings. The van der Waals surface area contributed by atoms with Crippen LogP contribution in [-0.4, -0.2) is 0 Å². The summed E-state index contributed by atoms with van der Waals surface area (Å²) in [4.78, 5) is 0. The summed E-state index contributed by atoms with van der Waals surface area (Å²) in [7, 11) is 0. The van der Waals surface area contributed by atoms with Crippen LogP contribution < -0.4 is 0 Å². The predicted octanol–water partition coefficient (Wildman–Crippen LogP) is 11.6. The Morgan fingerprint density at radius 1 is 0.556 bits per heavy atom. The van der Waals surface area contributed by atoms with Crippen molar-refractivity contribution in [3.05, 3.63) is 0 Å². The van der Waals surface area contributed by atoms with Crippen LogP contribution in [0, 0.1) is 71.0 Å². The fraction of sp³-hybridized carbons (Fsp3) is 1.00. The van der Waals surface area contributed by atoms with Crippen LogP contribution in [0.4, 0.5) is 0 Å². The lowest BCUT2D eigenvalue weighted by atomic mass is 9.56. The first-order valence-corrected chi connectivity index (χ1v) is 17.4. The van der Waals surface area contributed by atoms with Crippen LogP contribution in [0.1, 0.15) is 157 Å². The molecule has 0 aliphatic heterocycles. The van der Waals surface area contributed by atoms with E-state index in [1.165, 1.54) is 70.6 Å². The maximum atomic E-state index is 2.60. The minimum Gasteiger partial charge on any atom is -0.0654 e. The normalized spacial score (nSPS) is 45.7. The van der Waals surface area contributed by atoms with Crippen LogP contribution in [0.5, 0.6) is 0 Å². The number of rotatable bonds is 6. The second-order valence-electron chi connectivity index (χ2n) is 15.2. The van der Waals surface area contributed by atoms with Gasteiger partial charge in [-0.3, -0.25) is 0 Å². The summed E-state index contributed by atoms with van der Waals surface area (Å²) in [6, 6.07) is 0. The highest BCUT2D eigenvalue weighted by molar-refractivity contribution is 4.96. The summed E-state index contributed by atoms with van der Waals surface area (Å²) in [5.74, 6) is 12.7. The van der Waals surface area contributed by atoms with Crippen LogP contribution in [0.25, 0.3) is 0 Å². The van der Waals surface area contributed by atoms with Gasteiger partial charge in [0.1, 0.15) is 0 Å². The Bertz CT molecular complexity index is 608. The highest BCUT2D eigenvalue weighted by Gasteiger charge is 2.47. The van der Waals surface area contributed by atoms with Gasteiger partial charge in [0.25, 0.3) is 0 Å². The first-order chi connectivity index (χ1) is 17.4. The van der Waals surface area contributed by atoms with Crippen LogP contribution in [0.15, 0.2) is 0 Å². The first kappa shape index (κ1) is 29.0. The van der Waals surface area contributed by atoms with Gasteiger partial charge >= 0.3 is 0 Å². The maximum absolute atomic E-state index is 2.60. The van der Waals surface area contributed by atoms with E-state index >= 15 is 0 Å². The highest BCUT2D eigenvalue weighted by Crippen LogP contribution is 2.56. The van der Waals surface area contributed by atoms with Gasteiger partial charge in [-0.25, -0.2) is 0 Å². The van der Waals surface area contributed by atoms with Gasteiger partial charge in [-0.2, -0.15) is 0 Å². The third-order valence-electron chi connectivity index (χ3n) is 13.1. The van der Waals surface area contributed by atoms with Crippen LogP contribution in [0.2, 0.25) is 0 Å². The van der Waals surface area contributed by atoms with E-state index in [1.54, 1.807) is 44.9 Å². The Morgan fingerprint density at radius 2 is 1.22 bits per heavy atom. The molecule has 0 bridgehead atoms. The Kier molecular flexibility index (Phi) is 11.2. The summed E-state index contributed by atoms with van der Waals surface area (Å²) in [5.41, 5.74) is 0. The zero-order valence-electron chi connectivity index (χ0n) is 25.7. The van der Waals surface area contributed by atoms with E-state index in [4.69, 9.17) is 0 Å². The van der Waals surface area contributed by atoms with Crippen molar-refractivity contribution in [2.24, 2.45) is 71.0 Å². The molecule has 0 aromatic heterocycles. The molecule has 0 spiro atoms. The summed E-state index contributed by atoms with van der Waals surface area (Å²) in [5, 5.41) is 0. The lowest BCUT2D eigenvalue weighted by molar-refractivity contribution is 0.00254. The summed E-state index contributed by atoms with van der Waals surface area (Å²) in [6.45, 7) is 14.8. The van der Waals surface area contributed by atoms with E-state index in [0.29, 0.717) is 0 Å². The Hall–Kier alpha value is 0. The topological polar surface area (TPSA) is 0 Å². The van der Waals surface area contributed by atoms with Crippen molar-refractivity contribution in [3.8, 4) is 0 Å². The molecule has 9 atom stereocenters. The molecule has 0 heterocycles. The molecular weight excluding hydrogens is 432 g/mol. The number of hydrogen-bond acceptors (Lipinski definition) is 0. The van der Waals surface area contributed by atoms with Crippen LogP contribution >= 0.6 is 0 Å². The lowest BCUT2D eigenvalue weighted by Crippen LogP contribution is -2.41. The third kappa shape index (κ3) is 6.76. The minimum atomic E-state index is 0.976. The summed E-state index contributed by atoms with van der Waals surface area (Å²) in [6.07, 6.45) is 27.4. The average molecular weight is 499 g/mol. The molecular formula is C36H66. The van der Waals surface area contributed by atoms with E-state index < -0.39 is 0 Å². The van der Waals surface area contributed by atoms with Crippen molar-refractivity contribution in [1.29, 1.82) is 0 Å². The van der Waals surface area contributed by atoms with E-state index in [0.717, 1.165) is 71.0 Å². The molecule has 0 saturated heterocycles. The number of fused-ring (bicyclic) bond motifs is 1. The molecule has 210 valence electrons. The third-order valence-corrected chi connectivity index (χ3v) is 13.1. The zero-order chi connectivity index (χ0) is 25.7. The van der Waals surface area contributed by atoms with Crippen LogP contribution in [0.3, 0.4) is 0 Å². The lowest BCUT2D eigenvalue weighted by Gasteiger charge is -2.49. The molecule has 0 nitrogen and oxygen atoms in total. The van der Waals surface area contributed by atoms with Crippen molar-refractivity contribution in [1.82, 2.24) is 0 Å². The summed E-state index contributed by atoms with van der Waals surface area (Å²) < 4.78 is 0. The molecule has 5 aliphatic carbocycles. The van der Waals surface area contributed by atoms with Crippen molar-refractivity contribution >= 4 is 0 Å². The molecule has 0 amide bonds. The summed E-state index contributed by atoms with van der Waals surface area (Å²) >= 11 is 0. The predicted molar refractivity (Wildman–Crippen MR) is 159 cm³/mol. The Labute approximate surface area is 227 Å². The molecule has 0 N–H and O–H groups in total. The molecule has 5 rings (SSSR count). The van der Waals surface area contributed by atoms with E-state index in [9.17, 15) is 0 Å². The fourth-order valence-electron chi connectivity index (χ4n) is 11.1. The standard InChI is InChI=1S/C20H36.C16H30/c1-3-4-12-18-15(2)14-17-11-8-13-19(17)20(18)16-9-6-5-7-10-16;1-5-14-6-8-15(9-7-14)16-12(3)10-11(2)13(16)4/h15-20H,3-14H2,1-2H3;11-16H,5-10H2,1-4H3. The Morgan fingerprint density at radius 3 is 1.83 bits per heavy atom. The van der Waals surface area contributed by atoms with E-state index in [-0.39, 0.29) is 0 Å². The number of hydrogen-bond donors (Lipinski definition) is 0. The second kappa shape index (κ2) is 13.9. The van der Waals surface area contributed by atoms with Crippen molar-refractivity contribution in [2.45, 2.75) is 157 Å². The highest BCUT2D eigenvalue weighted by atomic mass is 14.5. The first-order valence-electron chi connectivity index (χ1n) is 17.4. The molecule has 5 aliphatic rings. The van der Waals surface area contributed by atoms with Gasteiger partial charge in [0.05, 0.1) is 0 Å². The van der Waals surface area contributed by atoms with Gasteiger partial charge in [-0.05, 0) is 110 Å². The van der Waals surface area contributed by atoms with Crippen LogP contribution in [-0.2, 0) is 0 Å². The van der Waals surface area contributed by atoms with Crippen molar-refractivity contribution < 1.29 is 0 Å². The van der Waals surface area contributed by atoms with Crippen molar-refractivity contribution in [2.75, 3.05) is 0 Å². The van der Waals surface area contributed by atoms with Crippen molar-refractivity contribution in [3.63, 3.8) is 0 Å². The molecule has 0 aromatic rings. The molecule has 0 heteroatoms. The van der Waals surface area contributed by atoms with E-state index in [1.807, 2.05) is 0 Å². The molecule has 0 radical (unpaired) electrons. The molecule has 36 heavy (non-hydrogen) atoms. The largest absolute Gasteiger partial charge is 0.0654 e. The van der Waals surface area contributed by atoms with Gasteiger partial charge in [-0.15, -0.1) is 0 Å². The molecule has 5 saturated carbocycles. The molecule has 9 unspecified atom stereocenters. The zero-order valence-corrected chi connectivity index (χ0v) is 25.7.